The Labute approximate surface area is 192 Å². The van der Waals surface area contributed by atoms with E-state index in [9.17, 15) is 4.79 Å². The second-order valence-corrected chi connectivity index (χ2v) is 8.37. The normalized spacial score (nSPS) is 14.9. The summed E-state index contributed by atoms with van der Waals surface area (Å²) in [5.74, 6) is 0.930. The SMILES string of the molecule is CCOc1cc(/C=C2\N=C(c3ccc(Cl)c(Cl)c3)OC2=O)cc(I)c1OC(C)C. The summed E-state index contributed by atoms with van der Waals surface area (Å²) in [6, 6.07) is 8.64. The number of hydrogen-bond donors (Lipinski definition) is 0. The summed E-state index contributed by atoms with van der Waals surface area (Å²) in [4.78, 5) is 16.6. The van der Waals surface area contributed by atoms with Crippen molar-refractivity contribution in [2.24, 2.45) is 4.99 Å². The van der Waals surface area contributed by atoms with Gasteiger partial charge in [0, 0.05) is 5.56 Å². The minimum Gasteiger partial charge on any atom is -0.490 e. The highest BCUT2D eigenvalue weighted by Crippen LogP contribution is 2.36. The van der Waals surface area contributed by atoms with E-state index < -0.39 is 5.97 Å². The lowest BCUT2D eigenvalue weighted by Crippen LogP contribution is -2.09. The van der Waals surface area contributed by atoms with Gasteiger partial charge in [0.2, 0.25) is 5.90 Å². The zero-order chi connectivity index (χ0) is 21.1. The highest BCUT2D eigenvalue weighted by atomic mass is 127. The number of nitrogens with zero attached hydrogens (tertiary/aromatic N) is 1. The number of hydrogen-bond acceptors (Lipinski definition) is 5. The third kappa shape index (κ3) is 5.24. The Hall–Kier alpha value is -1.77. The summed E-state index contributed by atoms with van der Waals surface area (Å²) in [6.45, 7) is 6.30. The van der Waals surface area contributed by atoms with E-state index in [4.69, 9.17) is 37.4 Å². The second-order valence-electron chi connectivity index (χ2n) is 6.39. The number of rotatable bonds is 6. The molecule has 29 heavy (non-hydrogen) atoms. The number of esters is 1. The van der Waals surface area contributed by atoms with Gasteiger partial charge in [-0.25, -0.2) is 9.79 Å². The van der Waals surface area contributed by atoms with E-state index >= 15 is 0 Å². The number of ether oxygens (including phenoxy) is 3. The Morgan fingerprint density at radius 1 is 1.21 bits per heavy atom. The zero-order valence-electron chi connectivity index (χ0n) is 16.0. The van der Waals surface area contributed by atoms with Crippen LogP contribution in [0, 0.1) is 3.57 Å². The minimum atomic E-state index is -0.540. The van der Waals surface area contributed by atoms with Crippen LogP contribution < -0.4 is 9.47 Å². The molecule has 5 nitrogen and oxygen atoms in total. The summed E-state index contributed by atoms with van der Waals surface area (Å²) in [6.07, 6.45) is 1.66. The first-order valence-electron chi connectivity index (χ1n) is 8.89. The second kappa shape index (κ2) is 9.36. The summed E-state index contributed by atoms with van der Waals surface area (Å²) in [5.41, 5.74) is 1.50. The van der Waals surface area contributed by atoms with E-state index in [1.807, 2.05) is 32.9 Å². The molecule has 3 rings (SSSR count). The van der Waals surface area contributed by atoms with Crippen molar-refractivity contribution in [2.45, 2.75) is 26.9 Å². The van der Waals surface area contributed by atoms with Gasteiger partial charge >= 0.3 is 5.97 Å². The van der Waals surface area contributed by atoms with Crippen LogP contribution in [-0.4, -0.2) is 24.6 Å². The summed E-state index contributed by atoms with van der Waals surface area (Å²) < 4.78 is 17.8. The molecule has 2 aromatic carbocycles. The van der Waals surface area contributed by atoms with Crippen LogP contribution in [0.2, 0.25) is 10.0 Å². The van der Waals surface area contributed by atoms with Crippen molar-refractivity contribution in [3.05, 3.63) is 60.8 Å². The zero-order valence-corrected chi connectivity index (χ0v) is 19.6. The van der Waals surface area contributed by atoms with E-state index in [1.54, 1.807) is 24.3 Å². The summed E-state index contributed by atoms with van der Waals surface area (Å²) in [5, 5.41) is 0.773. The van der Waals surface area contributed by atoms with Crippen molar-refractivity contribution < 1.29 is 19.0 Å². The highest BCUT2D eigenvalue weighted by Gasteiger charge is 2.25. The van der Waals surface area contributed by atoms with Gasteiger partial charge in [0.1, 0.15) is 0 Å². The van der Waals surface area contributed by atoms with E-state index in [-0.39, 0.29) is 17.7 Å². The minimum absolute atomic E-state index is 0.00935. The van der Waals surface area contributed by atoms with Crippen LogP contribution in [0.25, 0.3) is 6.08 Å². The maximum atomic E-state index is 12.3. The van der Waals surface area contributed by atoms with Crippen molar-refractivity contribution in [2.75, 3.05) is 6.61 Å². The molecule has 0 N–H and O–H groups in total. The first-order valence-corrected chi connectivity index (χ1v) is 10.7. The molecule has 2 aromatic rings. The highest BCUT2D eigenvalue weighted by molar-refractivity contribution is 14.1. The van der Waals surface area contributed by atoms with E-state index in [2.05, 4.69) is 27.6 Å². The maximum absolute atomic E-state index is 12.3. The molecule has 0 unspecified atom stereocenters. The average molecular weight is 546 g/mol. The van der Waals surface area contributed by atoms with Crippen LogP contribution in [0.5, 0.6) is 11.5 Å². The lowest BCUT2D eigenvalue weighted by atomic mass is 10.1. The molecule has 8 heteroatoms. The maximum Gasteiger partial charge on any atom is 0.363 e. The van der Waals surface area contributed by atoms with Crippen molar-refractivity contribution in [3.63, 3.8) is 0 Å². The van der Waals surface area contributed by atoms with Crippen LogP contribution in [-0.2, 0) is 9.53 Å². The third-order valence-corrected chi connectivity index (χ3v) is 5.32. The van der Waals surface area contributed by atoms with Gasteiger partial charge in [0.15, 0.2) is 17.2 Å². The van der Waals surface area contributed by atoms with Gasteiger partial charge in [-0.05, 0) is 85.3 Å². The van der Waals surface area contributed by atoms with Gasteiger partial charge in [0.25, 0.3) is 0 Å². The van der Waals surface area contributed by atoms with Crippen molar-refractivity contribution in [3.8, 4) is 11.5 Å². The van der Waals surface area contributed by atoms with Crippen LogP contribution in [0.4, 0.5) is 0 Å². The largest absolute Gasteiger partial charge is 0.490 e. The molecular formula is C21H18Cl2INO4. The fourth-order valence-electron chi connectivity index (χ4n) is 2.60. The molecule has 0 radical (unpaired) electrons. The lowest BCUT2D eigenvalue weighted by Gasteiger charge is -2.16. The summed E-state index contributed by atoms with van der Waals surface area (Å²) in [7, 11) is 0. The van der Waals surface area contributed by atoms with Gasteiger partial charge in [-0.1, -0.05) is 23.2 Å². The Balaban J connectivity index is 1.97. The van der Waals surface area contributed by atoms with Crippen LogP contribution in [0.3, 0.4) is 0 Å². The molecule has 1 aliphatic heterocycles. The van der Waals surface area contributed by atoms with E-state index in [0.717, 1.165) is 9.13 Å². The van der Waals surface area contributed by atoms with Gasteiger partial charge in [-0.15, -0.1) is 0 Å². The fraction of sp³-hybridized carbons (Fsp3) is 0.238. The Bertz CT molecular complexity index is 1020. The predicted molar refractivity (Wildman–Crippen MR) is 123 cm³/mol. The van der Waals surface area contributed by atoms with Gasteiger partial charge in [-0.3, -0.25) is 0 Å². The number of carbonyl (C=O) groups is 1. The van der Waals surface area contributed by atoms with Crippen LogP contribution in [0.15, 0.2) is 41.0 Å². The van der Waals surface area contributed by atoms with E-state index in [0.29, 0.717) is 33.7 Å². The fourth-order valence-corrected chi connectivity index (χ4v) is 3.65. The molecule has 0 spiro atoms. The molecular weight excluding hydrogens is 528 g/mol. The number of halogens is 3. The van der Waals surface area contributed by atoms with E-state index in [1.165, 1.54) is 0 Å². The average Bonchev–Trinajstić information content (AvgIpc) is 3.01. The monoisotopic (exact) mass is 545 g/mol. The number of aliphatic imine (C=N–C) groups is 1. The standard InChI is InChI=1S/C21H18Cl2INO4/c1-4-27-18-9-12(7-16(24)19(18)28-11(2)3)8-17-21(26)29-20(25-17)13-5-6-14(22)15(23)10-13/h5-11H,4H2,1-3H3/b17-8-. The molecule has 0 bridgehead atoms. The molecule has 0 saturated carbocycles. The molecule has 152 valence electrons. The molecule has 0 saturated heterocycles. The third-order valence-electron chi connectivity index (χ3n) is 3.78. The molecule has 0 amide bonds. The lowest BCUT2D eigenvalue weighted by molar-refractivity contribution is -0.129. The Morgan fingerprint density at radius 2 is 1.97 bits per heavy atom. The van der Waals surface area contributed by atoms with Crippen molar-refractivity contribution in [1.82, 2.24) is 0 Å². The molecule has 1 heterocycles. The predicted octanol–water partition coefficient (Wildman–Crippen LogP) is 6.13. The molecule has 1 aliphatic rings. The smallest absolute Gasteiger partial charge is 0.363 e. The first kappa shape index (κ1) is 21.9. The number of cyclic esters (lactones) is 1. The van der Waals surface area contributed by atoms with Crippen molar-refractivity contribution in [1.29, 1.82) is 0 Å². The topological polar surface area (TPSA) is 57.1 Å². The van der Waals surface area contributed by atoms with Gasteiger partial charge in [0.05, 0.1) is 26.3 Å². The summed E-state index contributed by atoms with van der Waals surface area (Å²) >= 11 is 14.2. The van der Waals surface area contributed by atoms with Crippen molar-refractivity contribution >= 4 is 63.7 Å². The molecule has 0 atom stereocenters. The van der Waals surface area contributed by atoms with Crippen LogP contribution in [0.1, 0.15) is 31.9 Å². The molecule has 0 aliphatic carbocycles. The number of benzene rings is 2. The first-order chi connectivity index (χ1) is 13.8. The molecule has 0 aromatic heterocycles. The Kier molecular flexibility index (Phi) is 7.08. The van der Waals surface area contributed by atoms with Gasteiger partial charge < -0.3 is 14.2 Å². The number of carbonyl (C=O) groups excluding carboxylic acids is 1. The van der Waals surface area contributed by atoms with Gasteiger partial charge in [-0.2, -0.15) is 0 Å². The Morgan fingerprint density at radius 3 is 2.62 bits per heavy atom. The quantitative estimate of drug-likeness (QED) is 0.249. The van der Waals surface area contributed by atoms with Crippen LogP contribution >= 0.6 is 45.8 Å². The molecule has 0 fully saturated rings.